The molecule has 0 aromatic carbocycles. The number of carboxylic acid groups (broad SMARTS) is 1. The van der Waals surface area contributed by atoms with Gasteiger partial charge in [-0.2, -0.15) is 0 Å². The molecule has 2 atom stereocenters. The monoisotopic (exact) mass is 229 g/mol. The molecule has 1 saturated carbocycles. The van der Waals surface area contributed by atoms with Gasteiger partial charge in [0.2, 0.25) is 0 Å². The summed E-state index contributed by atoms with van der Waals surface area (Å²) >= 11 is 0. The summed E-state index contributed by atoms with van der Waals surface area (Å²) in [5.74, 6) is 0.139. The number of rotatable bonds is 6. The molecule has 0 bridgehead atoms. The third-order valence-corrected chi connectivity index (χ3v) is 3.60. The van der Waals surface area contributed by atoms with E-state index in [9.17, 15) is 4.79 Å². The van der Waals surface area contributed by atoms with Gasteiger partial charge in [0.15, 0.2) is 0 Å². The Labute approximate surface area is 97.0 Å². The van der Waals surface area contributed by atoms with Crippen LogP contribution in [0.1, 0.15) is 33.1 Å². The molecule has 0 saturated heterocycles. The second-order valence-corrected chi connectivity index (χ2v) is 5.45. The number of aliphatic hydroxyl groups is 1. The molecule has 1 fully saturated rings. The third-order valence-electron chi connectivity index (χ3n) is 3.60. The van der Waals surface area contributed by atoms with Crippen LogP contribution in [0.15, 0.2) is 0 Å². The highest BCUT2D eigenvalue weighted by atomic mass is 16.4. The molecule has 94 valence electrons. The molecule has 0 aromatic heterocycles. The van der Waals surface area contributed by atoms with Gasteiger partial charge in [-0.05, 0) is 45.1 Å². The maximum Gasteiger partial charge on any atom is 0.310 e. The van der Waals surface area contributed by atoms with Crippen LogP contribution >= 0.6 is 0 Å². The second-order valence-electron chi connectivity index (χ2n) is 5.45. The molecule has 0 radical (unpaired) electrons. The molecule has 4 heteroatoms. The molecule has 16 heavy (non-hydrogen) atoms. The van der Waals surface area contributed by atoms with Crippen LogP contribution in [0, 0.1) is 17.3 Å². The molecule has 1 aliphatic carbocycles. The molecule has 1 rings (SSSR count). The molecular weight excluding hydrogens is 206 g/mol. The quantitative estimate of drug-likeness (QED) is 0.638. The lowest BCUT2D eigenvalue weighted by Crippen LogP contribution is -2.38. The van der Waals surface area contributed by atoms with E-state index in [1.54, 1.807) is 13.8 Å². The highest BCUT2D eigenvalue weighted by Gasteiger charge is 2.29. The van der Waals surface area contributed by atoms with Crippen LogP contribution < -0.4 is 5.32 Å². The molecule has 0 aromatic rings. The topological polar surface area (TPSA) is 69.6 Å². The number of carbonyl (C=O) groups is 1. The summed E-state index contributed by atoms with van der Waals surface area (Å²) in [7, 11) is 0. The smallest absolute Gasteiger partial charge is 0.310 e. The third kappa shape index (κ3) is 3.46. The molecule has 0 amide bonds. The van der Waals surface area contributed by atoms with E-state index in [-0.39, 0.29) is 6.61 Å². The Kier molecular flexibility index (Phi) is 4.74. The summed E-state index contributed by atoms with van der Waals surface area (Å²) in [6.45, 7) is 5.01. The predicted octanol–water partition coefficient (Wildman–Crippen LogP) is 1.10. The van der Waals surface area contributed by atoms with E-state index in [4.69, 9.17) is 10.2 Å². The molecule has 0 heterocycles. The fourth-order valence-corrected chi connectivity index (χ4v) is 2.27. The minimum atomic E-state index is -0.773. The summed E-state index contributed by atoms with van der Waals surface area (Å²) in [5.41, 5.74) is -0.715. The molecule has 0 spiro atoms. The number of nitrogens with one attached hydrogen (secondary N) is 1. The first-order valence-electron chi connectivity index (χ1n) is 6.02. The Morgan fingerprint density at radius 1 is 1.38 bits per heavy atom. The van der Waals surface area contributed by atoms with Gasteiger partial charge in [0, 0.05) is 13.2 Å². The first-order chi connectivity index (χ1) is 7.47. The van der Waals surface area contributed by atoms with E-state index < -0.39 is 11.4 Å². The summed E-state index contributed by atoms with van der Waals surface area (Å²) in [6.07, 6.45) is 3.43. The minimum Gasteiger partial charge on any atom is -0.481 e. The van der Waals surface area contributed by atoms with Crippen molar-refractivity contribution in [3.8, 4) is 0 Å². The van der Waals surface area contributed by atoms with E-state index >= 15 is 0 Å². The summed E-state index contributed by atoms with van der Waals surface area (Å²) in [5, 5.41) is 21.3. The van der Waals surface area contributed by atoms with Crippen molar-refractivity contribution in [3.05, 3.63) is 0 Å². The van der Waals surface area contributed by atoms with E-state index in [0.717, 1.165) is 19.4 Å². The van der Waals surface area contributed by atoms with Crippen molar-refractivity contribution < 1.29 is 15.0 Å². The zero-order valence-corrected chi connectivity index (χ0v) is 10.2. The van der Waals surface area contributed by atoms with E-state index in [1.807, 2.05) is 0 Å². The number of carboxylic acids is 1. The second kappa shape index (κ2) is 5.64. The van der Waals surface area contributed by atoms with Crippen molar-refractivity contribution in [2.24, 2.45) is 17.3 Å². The van der Waals surface area contributed by atoms with Crippen molar-refractivity contribution in [1.82, 2.24) is 5.32 Å². The SMILES string of the molecule is CC(C)(CNCC1CCCC1CO)C(=O)O. The first-order valence-corrected chi connectivity index (χ1v) is 6.02. The average Bonchev–Trinajstić information content (AvgIpc) is 2.64. The fraction of sp³-hybridized carbons (Fsp3) is 0.917. The normalized spacial score (nSPS) is 25.9. The Morgan fingerprint density at radius 2 is 2.00 bits per heavy atom. The largest absolute Gasteiger partial charge is 0.481 e. The maximum absolute atomic E-state index is 10.9. The van der Waals surface area contributed by atoms with Gasteiger partial charge in [-0.3, -0.25) is 4.79 Å². The zero-order chi connectivity index (χ0) is 12.2. The van der Waals surface area contributed by atoms with Crippen LogP contribution in [-0.4, -0.2) is 35.9 Å². The highest BCUT2D eigenvalue weighted by molar-refractivity contribution is 5.73. The predicted molar refractivity (Wildman–Crippen MR) is 62.2 cm³/mol. The molecule has 1 aliphatic rings. The van der Waals surface area contributed by atoms with Crippen LogP contribution in [0.25, 0.3) is 0 Å². The van der Waals surface area contributed by atoms with Gasteiger partial charge in [-0.1, -0.05) is 6.42 Å². The summed E-state index contributed by atoms with van der Waals surface area (Å²) in [4.78, 5) is 10.9. The Balaban J connectivity index is 2.27. The van der Waals surface area contributed by atoms with Crippen molar-refractivity contribution in [1.29, 1.82) is 0 Å². The number of hydrogen-bond acceptors (Lipinski definition) is 3. The Hall–Kier alpha value is -0.610. The zero-order valence-electron chi connectivity index (χ0n) is 10.2. The van der Waals surface area contributed by atoms with Gasteiger partial charge in [-0.15, -0.1) is 0 Å². The van der Waals surface area contributed by atoms with Crippen molar-refractivity contribution in [3.63, 3.8) is 0 Å². The molecule has 0 aliphatic heterocycles. The maximum atomic E-state index is 10.9. The Bertz CT molecular complexity index is 240. The van der Waals surface area contributed by atoms with Crippen LogP contribution in [0.5, 0.6) is 0 Å². The van der Waals surface area contributed by atoms with Crippen molar-refractivity contribution >= 4 is 5.97 Å². The molecule has 4 nitrogen and oxygen atoms in total. The minimum absolute atomic E-state index is 0.259. The van der Waals surface area contributed by atoms with Crippen molar-refractivity contribution in [2.45, 2.75) is 33.1 Å². The van der Waals surface area contributed by atoms with E-state index in [0.29, 0.717) is 18.4 Å². The lowest BCUT2D eigenvalue weighted by Gasteiger charge is -2.23. The number of aliphatic carboxylic acids is 1. The average molecular weight is 229 g/mol. The van der Waals surface area contributed by atoms with Crippen LogP contribution in [-0.2, 0) is 4.79 Å². The van der Waals surface area contributed by atoms with Gasteiger partial charge < -0.3 is 15.5 Å². The van der Waals surface area contributed by atoms with Crippen LogP contribution in [0.4, 0.5) is 0 Å². The molecule has 3 N–H and O–H groups in total. The fourth-order valence-electron chi connectivity index (χ4n) is 2.27. The lowest BCUT2D eigenvalue weighted by molar-refractivity contribution is -0.146. The van der Waals surface area contributed by atoms with Gasteiger partial charge in [-0.25, -0.2) is 0 Å². The van der Waals surface area contributed by atoms with E-state index in [2.05, 4.69) is 5.32 Å². The van der Waals surface area contributed by atoms with Crippen LogP contribution in [0.2, 0.25) is 0 Å². The summed E-state index contributed by atoms with van der Waals surface area (Å²) in [6, 6.07) is 0. The van der Waals surface area contributed by atoms with Crippen molar-refractivity contribution in [2.75, 3.05) is 19.7 Å². The lowest BCUT2D eigenvalue weighted by atomic mass is 9.92. The van der Waals surface area contributed by atoms with Gasteiger partial charge in [0.05, 0.1) is 5.41 Å². The van der Waals surface area contributed by atoms with E-state index in [1.165, 1.54) is 6.42 Å². The molecular formula is C12H23NO3. The summed E-state index contributed by atoms with van der Waals surface area (Å²) < 4.78 is 0. The highest BCUT2D eigenvalue weighted by Crippen LogP contribution is 2.30. The first kappa shape index (κ1) is 13.5. The van der Waals surface area contributed by atoms with Gasteiger partial charge >= 0.3 is 5.97 Å². The van der Waals surface area contributed by atoms with Gasteiger partial charge in [0.1, 0.15) is 0 Å². The van der Waals surface area contributed by atoms with Crippen LogP contribution in [0.3, 0.4) is 0 Å². The van der Waals surface area contributed by atoms with Gasteiger partial charge in [0.25, 0.3) is 0 Å². The number of aliphatic hydroxyl groups excluding tert-OH is 1. The standard InChI is InChI=1S/C12H23NO3/c1-12(2,11(15)16)8-13-6-9-4-3-5-10(9)7-14/h9-10,13-14H,3-8H2,1-2H3,(H,15,16). The Morgan fingerprint density at radius 3 is 2.56 bits per heavy atom. The number of hydrogen-bond donors (Lipinski definition) is 3. The molecule has 2 unspecified atom stereocenters.